The van der Waals surface area contributed by atoms with Crippen LogP contribution in [0.25, 0.3) is 0 Å². The normalized spacial score (nSPS) is 21.7. The molecule has 13 heavy (non-hydrogen) atoms. The van der Waals surface area contributed by atoms with Crippen LogP contribution in [0.15, 0.2) is 12.3 Å². The molecule has 0 spiro atoms. The molecule has 2 rings (SSSR count). The number of hydrogen-bond donors (Lipinski definition) is 2. The molecule has 1 aromatic rings. The molecule has 5 heteroatoms. The highest BCUT2D eigenvalue weighted by atomic mass is 16.5. The van der Waals surface area contributed by atoms with Gasteiger partial charge >= 0.3 is 0 Å². The predicted octanol–water partition coefficient (Wildman–Crippen LogP) is 0.527. The van der Waals surface area contributed by atoms with Gasteiger partial charge in [0, 0.05) is 12.7 Å². The molecule has 1 aliphatic heterocycles. The molecule has 2 N–H and O–H groups in total. The first-order chi connectivity index (χ1) is 6.36. The number of rotatable bonds is 2. The van der Waals surface area contributed by atoms with Gasteiger partial charge in [0.05, 0.1) is 6.20 Å². The van der Waals surface area contributed by atoms with Crippen LogP contribution in [0.1, 0.15) is 12.8 Å². The number of carbonyl (C=O) groups excluding carboxylic acids is 1. The lowest BCUT2D eigenvalue weighted by Crippen LogP contribution is -2.26. The van der Waals surface area contributed by atoms with Crippen LogP contribution in [0.2, 0.25) is 0 Å². The van der Waals surface area contributed by atoms with Gasteiger partial charge in [0.2, 0.25) is 0 Å². The Hall–Kier alpha value is -1.36. The van der Waals surface area contributed by atoms with Gasteiger partial charge in [-0.15, -0.1) is 0 Å². The van der Waals surface area contributed by atoms with Crippen LogP contribution < -0.4 is 5.32 Å². The summed E-state index contributed by atoms with van der Waals surface area (Å²) in [5, 5.41) is 9.06. The standard InChI is InChI=1S/C8H11N3O2/c12-8(6-2-1-5-13-6)10-7-3-4-9-11-7/h3-4,6H,1-2,5H2,(H2,9,10,11,12)/t6-/m1/s1. The summed E-state index contributed by atoms with van der Waals surface area (Å²) in [4.78, 5) is 11.4. The summed E-state index contributed by atoms with van der Waals surface area (Å²) in [5.74, 6) is 0.516. The Balaban J connectivity index is 1.91. The Bertz CT molecular complexity index is 278. The lowest BCUT2D eigenvalue weighted by atomic mass is 10.2. The first-order valence-electron chi connectivity index (χ1n) is 4.28. The molecule has 0 bridgehead atoms. The Morgan fingerprint density at radius 3 is 3.31 bits per heavy atom. The highest BCUT2D eigenvalue weighted by molar-refractivity contribution is 5.93. The van der Waals surface area contributed by atoms with Crippen LogP contribution in [0.4, 0.5) is 5.82 Å². The number of amides is 1. The Kier molecular flexibility index (Phi) is 2.27. The van der Waals surface area contributed by atoms with Crippen molar-refractivity contribution in [2.75, 3.05) is 11.9 Å². The molecule has 1 aliphatic rings. The van der Waals surface area contributed by atoms with E-state index in [1.807, 2.05) is 0 Å². The molecule has 0 saturated carbocycles. The van der Waals surface area contributed by atoms with Crippen molar-refractivity contribution < 1.29 is 9.53 Å². The fourth-order valence-electron chi connectivity index (χ4n) is 1.32. The van der Waals surface area contributed by atoms with E-state index in [0.29, 0.717) is 12.4 Å². The Morgan fingerprint density at radius 2 is 2.69 bits per heavy atom. The van der Waals surface area contributed by atoms with Crippen molar-refractivity contribution in [3.8, 4) is 0 Å². The number of anilines is 1. The highest BCUT2D eigenvalue weighted by Gasteiger charge is 2.23. The second kappa shape index (κ2) is 3.57. The summed E-state index contributed by atoms with van der Waals surface area (Å²) in [5.41, 5.74) is 0. The number of ether oxygens (including phenoxy) is 1. The largest absolute Gasteiger partial charge is 0.368 e. The zero-order valence-electron chi connectivity index (χ0n) is 7.12. The van der Waals surface area contributed by atoms with E-state index < -0.39 is 0 Å². The molecule has 1 atom stereocenters. The molecule has 2 heterocycles. The zero-order valence-corrected chi connectivity index (χ0v) is 7.12. The number of hydrogen-bond acceptors (Lipinski definition) is 3. The van der Waals surface area contributed by atoms with E-state index >= 15 is 0 Å². The van der Waals surface area contributed by atoms with Crippen molar-refractivity contribution in [3.63, 3.8) is 0 Å². The maximum absolute atomic E-state index is 11.4. The number of carbonyl (C=O) groups is 1. The average molecular weight is 181 g/mol. The van der Waals surface area contributed by atoms with Crippen LogP contribution in [0, 0.1) is 0 Å². The van der Waals surface area contributed by atoms with Gasteiger partial charge in [-0.1, -0.05) is 0 Å². The fraction of sp³-hybridized carbons (Fsp3) is 0.500. The van der Waals surface area contributed by atoms with E-state index in [2.05, 4.69) is 15.5 Å². The summed E-state index contributed by atoms with van der Waals surface area (Å²) in [6.45, 7) is 0.682. The molecule has 0 aromatic carbocycles. The number of nitrogens with zero attached hydrogens (tertiary/aromatic N) is 1. The first kappa shape index (κ1) is 8.25. The lowest BCUT2D eigenvalue weighted by molar-refractivity contribution is -0.124. The molecule has 1 saturated heterocycles. The van der Waals surface area contributed by atoms with Gasteiger partial charge in [0.25, 0.3) is 5.91 Å². The van der Waals surface area contributed by atoms with Gasteiger partial charge in [-0.05, 0) is 12.8 Å². The monoisotopic (exact) mass is 181 g/mol. The Morgan fingerprint density at radius 1 is 1.77 bits per heavy atom. The molecule has 0 radical (unpaired) electrons. The number of aromatic nitrogens is 2. The second-order valence-corrected chi connectivity index (χ2v) is 2.96. The summed E-state index contributed by atoms with van der Waals surface area (Å²) in [6, 6.07) is 1.70. The molecule has 1 fully saturated rings. The van der Waals surface area contributed by atoms with Crippen molar-refractivity contribution in [2.45, 2.75) is 18.9 Å². The van der Waals surface area contributed by atoms with E-state index in [9.17, 15) is 4.79 Å². The van der Waals surface area contributed by atoms with E-state index in [4.69, 9.17) is 4.74 Å². The van der Waals surface area contributed by atoms with Gasteiger partial charge in [0.1, 0.15) is 11.9 Å². The summed E-state index contributed by atoms with van der Waals surface area (Å²) < 4.78 is 5.22. The molecule has 0 aliphatic carbocycles. The minimum atomic E-state index is -0.289. The molecule has 70 valence electrons. The summed E-state index contributed by atoms with van der Waals surface area (Å²) in [6.07, 6.45) is 3.06. The third-order valence-corrected chi connectivity index (χ3v) is 1.98. The maximum Gasteiger partial charge on any atom is 0.254 e. The van der Waals surface area contributed by atoms with Gasteiger partial charge < -0.3 is 10.1 Å². The number of aromatic amines is 1. The van der Waals surface area contributed by atoms with E-state index in [-0.39, 0.29) is 12.0 Å². The van der Waals surface area contributed by atoms with Crippen molar-refractivity contribution >= 4 is 11.7 Å². The van der Waals surface area contributed by atoms with E-state index in [1.54, 1.807) is 12.3 Å². The third kappa shape index (κ3) is 1.86. The topological polar surface area (TPSA) is 67.0 Å². The molecular formula is C8H11N3O2. The molecular weight excluding hydrogens is 170 g/mol. The molecule has 0 unspecified atom stereocenters. The fourth-order valence-corrected chi connectivity index (χ4v) is 1.32. The average Bonchev–Trinajstić information content (AvgIpc) is 2.74. The van der Waals surface area contributed by atoms with Gasteiger partial charge in [-0.2, -0.15) is 5.10 Å². The first-order valence-corrected chi connectivity index (χ1v) is 4.28. The molecule has 1 amide bonds. The third-order valence-electron chi connectivity index (χ3n) is 1.98. The van der Waals surface area contributed by atoms with Crippen LogP contribution >= 0.6 is 0 Å². The smallest absolute Gasteiger partial charge is 0.254 e. The highest BCUT2D eigenvalue weighted by Crippen LogP contribution is 2.13. The predicted molar refractivity (Wildman–Crippen MR) is 46.2 cm³/mol. The van der Waals surface area contributed by atoms with Crippen LogP contribution in [0.3, 0.4) is 0 Å². The SMILES string of the molecule is O=C(Nc1ccn[nH]1)[C@H]1CCCO1. The van der Waals surface area contributed by atoms with Gasteiger partial charge in [-0.25, -0.2) is 0 Å². The number of nitrogens with one attached hydrogen (secondary N) is 2. The minimum Gasteiger partial charge on any atom is -0.368 e. The van der Waals surface area contributed by atoms with Gasteiger partial charge in [-0.3, -0.25) is 9.89 Å². The maximum atomic E-state index is 11.4. The van der Waals surface area contributed by atoms with Crippen molar-refractivity contribution in [1.82, 2.24) is 10.2 Å². The quantitative estimate of drug-likeness (QED) is 0.699. The van der Waals surface area contributed by atoms with Crippen LogP contribution in [0.5, 0.6) is 0 Å². The summed E-state index contributed by atoms with van der Waals surface area (Å²) in [7, 11) is 0. The van der Waals surface area contributed by atoms with Crippen LogP contribution in [-0.4, -0.2) is 28.8 Å². The van der Waals surface area contributed by atoms with Crippen molar-refractivity contribution in [1.29, 1.82) is 0 Å². The lowest BCUT2D eigenvalue weighted by Gasteiger charge is -2.07. The van der Waals surface area contributed by atoms with E-state index in [1.165, 1.54) is 0 Å². The second-order valence-electron chi connectivity index (χ2n) is 2.96. The van der Waals surface area contributed by atoms with Crippen molar-refractivity contribution in [2.24, 2.45) is 0 Å². The van der Waals surface area contributed by atoms with Crippen LogP contribution in [-0.2, 0) is 9.53 Å². The molecule has 5 nitrogen and oxygen atoms in total. The van der Waals surface area contributed by atoms with E-state index in [0.717, 1.165) is 12.8 Å². The number of H-pyrrole nitrogens is 1. The van der Waals surface area contributed by atoms with Gasteiger partial charge in [0.15, 0.2) is 0 Å². The van der Waals surface area contributed by atoms with Crippen molar-refractivity contribution in [3.05, 3.63) is 12.3 Å². The Labute approximate surface area is 75.5 Å². The molecule has 1 aromatic heterocycles. The minimum absolute atomic E-state index is 0.0956. The summed E-state index contributed by atoms with van der Waals surface area (Å²) >= 11 is 0. The zero-order chi connectivity index (χ0) is 9.10.